The van der Waals surface area contributed by atoms with E-state index in [0.717, 1.165) is 5.56 Å². The topological polar surface area (TPSA) is 59.1 Å². The summed E-state index contributed by atoms with van der Waals surface area (Å²) in [4.78, 5) is 0. The summed E-state index contributed by atoms with van der Waals surface area (Å²) in [5.41, 5.74) is 7.12. The van der Waals surface area contributed by atoms with Gasteiger partial charge in [0.1, 0.15) is 18.2 Å². The summed E-state index contributed by atoms with van der Waals surface area (Å²) < 4.78 is 5.63. The van der Waals surface area contributed by atoms with Gasteiger partial charge in [0.05, 0.1) is 5.56 Å². The molecule has 0 amide bonds. The van der Waals surface area contributed by atoms with Gasteiger partial charge in [0.2, 0.25) is 0 Å². The summed E-state index contributed by atoms with van der Waals surface area (Å²) in [7, 11) is 0. The van der Waals surface area contributed by atoms with Crippen molar-refractivity contribution < 1.29 is 4.74 Å². The number of amidine groups is 1. The van der Waals surface area contributed by atoms with E-state index in [2.05, 4.69) is 0 Å². The van der Waals surface area contributed by atoms with Crippen LogP contribution in [-0.2, 0) is 6.61 Å². The Morgan fingerprint density at radius 1 is 1.41 bits per heavy atom. The molecule has 0 bridgehead atoms. The molecule has 0 unspecified atom stereocenters. The molecular weight excluding hydrogens is 256 g/mol. The van der Waals surface area contributed by atoms with Crippen molar-refractivity contribution in [3.8, 4) is 5.75 Å². The zero-order valence-corrected chi connectivity index (χ0v) is 10.5. The van der Waals surface area contributed by atoms with Gasteiger partial charge in [0.25, 0.3) is 0 Å². The van der Waals surface area contributed by atoms with E-state index in [9.17, 15) is 0 Å². The Morgan fingerprint density at radius 2 is 2.24 bits per heavy atom. The summed E-state index contributed by atoms with van der Waals surface area (Å²) in [6, 6.07) is 7.04. The Hall–Kier alpha value is -1.52. The fourth-order valence-electron chi connectivity index (χ4n) is 1.37. The first-order valence-electron chi connectivity index (χ1n) is 4.94. The molecule has 3 N–H and O–H groups in total. The molecule has 1 heterocycles. The van der Waals surface area contributed by atoms with Crippen LogP contribution in [0.2, 0.25) is 5.02 Å². The fraction of sp³-hybridized carbons (Fsp3) is 0.0833. The van der Waals surface area contributed by atoms with Gasteiger partial charge in [-0.15, -0.1) is 0 Å². The minimum absolute atomic E-state index is 0.0259. The normalized spacial score (nSPS) is 10.2. The second-order valence-corrected chi connectivity index (χ2v) is 4.69. The number of hydrogen-bond acceptors (Lipinski definition) is 3. The zero-order chi connectivity index (χ0) is 12.3. The number of hydrogen-bond donors (Lipinski definition) is 2. The Bertz CT molecular complexity index is 525. The van der Waals surface area contributed by atoms with Gasteiger partial charge in [0, 0.05) is 5.02 Å². The van der Waals surface area contributed by atoms with Crippen molar-refractivity contribution >= 4 is 28.8 Å². The molecule has 2 aromatic rings. The van der Waals surface area contributed by atoms with E-state index in [0.29, 0.717) is 22.9 Å². The third-order valence-corrected chi connectivity index (χ3v) is 3.18. The SMILES string of the molecule is N=C(N)c1ccc(Cl)cc1OCc1ccsc1. The minimum atomic E-state index is -0.0259. The largest absolute Gasteiger partial charge is 0.488 e. The summed E-state index contributed by atoms with van der Waals surface area (Å²) in [6.07, 6.45) is 0. The fourth-order valence-corrected chi connectivity index (χ4v) is 2.19. The van der Waals surface area contributed by atoms with Gasteiger partial charge < -0.3 is 10.5 Å². The van der Waals surface area contributed by atoms with E-state index >= 15 is 0 Å². The number of nitrogens with two attached hydrogens (primary N) is 1. The van der Waals surface area contributed by atoms with Crippen molar-refractivity contribution in [2.24, 2.45) is 5.73 Å². The first kappa shape index (κ1) is 12.0. The molecule has 0 fully saturated rings. The maximum absolute atomic E-state index is 7.46. The predicted octanol–water partition coefficient (Wildman–Crippen LogP) is 3.26. The van der Waals surface area contributed by atoms with Crippen molar-refractivity contribution in [2.75, 3.05) is 0 Å². The zero-order valence-electron chi connectivity index (χ0n) is 8.94. The first-order chi connectivity index (χ1) is 8.16. The number of benzene rings is 1. The Kier molecular flexibility index (Phi) is 3.66. The molecule has 0 radical (unpaired) electrons. The molecular formula is C12H11ClN2OS. The number of nitrogen functional groups attached to an aromatic ring is 1. The summed E-state index contributed by atoms with van der Waals surface area (Å²) in [6.45, 7) is 0.449. The van der Waals surface area contributed by atoms with E-state index in [1.807, 2.05) is 16.8 Å². The van der Waals surface area contributed by atoms with Gasteiger partial charge in [-0.3, -0.25) is 5.41 Å². The maximum atomic E-state index is 7.46. The average Bonchev–Trinajstić information content (AvgIpc) is 2.78. The Labute approximate surface area is 108 Å². The Morgan fingerprint density at radius 3 is 2.88 bits per heavy atom. The van der Waals surface area contributed by atoms with Gasteiger partial charge in [-0.2, -0.15) is 11.3 Å². The summed E-state index contributed by atoms with van der Waals surface area (Å²) >= 11 is 7.51. The van der Waals surface area contributed by atoms with Crippen LogP contribution >= 0.6 is 22.9 Å². The number of ether oxygens (including phenoxy) is 1. The molecule has 0 saturated carbocycles. The highest BCUT2D eigenvalue weighted by Gasteiger charge is 2.07. The maximum Gasteiger partial charge on any atom is 0.132 e. The standard InChI is InChI=1S/C12H11ClN2OS/c13-9-1-2-10(12(14)15)11(5-9)16-6-8-3-4-17-7-8/h1-5,7H,6H2,(H3,14,15). The lowest BCUT2D eigenvalue weighted by Gasteiger charge is -2.10. The molecule has 1 aromatic carbocycles. The highest BCUT2D eigenvalue weighted by molar-refractivity contribution is 7.07. The monoisotopic (exact) mass is 266 g/mol. The molecule has 88 valence electrons. The van der Waals surface area contributed by atoms with E-state index in [4.69, 9.17) is 27.5 Å². The highest BCUT2D eigenvalue weighted by Crippen LogP contribution is 2.24. The van der Waals surface area contributed by atoms with Crippen LogP contribution < -0.4 is 10.5 Å². The summed E-state index contributed by atoms with van der Waals surface area (Å²) in [5, 5.41) is 12.0. The van der Waals surface area contributed by atoms with Crippen LogP contribution in [0.5, 0.6) is 5.75 Å². The van der Waals surface area contributed by atoms with Gasteiger partial charge in [-0.1, -0.05) is 11.6 Å². The van der Waals surface area contributed by atoms with Crippen LogP contribution in [0.25, 0.3) is 0 Å². The molecule has 17 heavy (non-hydrogen) atoms. The molecule has 1 aromatic heterocycles. The van der Waals surface area contributed by atoms with Crippen LogP contribution in [-0.4, -0.2) is 5.84 Å². The van der Waals surface area contributed by atoms with Gasteiger partial charge in [0.15, 0.2) is 0 Å². The molecule has 0 aliphatic heterocycles. The van der Waals surface area contributed by atoms with Crippen molar-refractivity contribution in [3.63, 3.8) is 0 Å². The van der Waals surface area contributed by atoms with Crippen molar-refractivity contribution in [1.29, 1.82) is 5.41 Å². The lowest BCUT2D eigenvalue weighted by Crippen LogP contribution is -2.13. The molecule has 0 saturated heterocycles. The van der Waals surface area contributed by atoms with E-state index in [-0.39, 0.29) is 5.84 Å². The van der Waals surface area contributed by atoms with Gasteiger partial charge in [-0.25, -0.2) is 0 Å². The van der Waals surface area contributed by atoms with Gasteiger partial charge in [-0.05, 0) is 40.6 Å². The molecule has 5 heteroatoms. The second kappa shape index (κ2) is 5.21. The van der Waals surface area contributed by atoms with Crippen molar-refractivity contribution in [3.05, 3.63) is 51.2 Å². The molecule has 0 aliphatic carbocycles. The van der Waals surface area contributed by atoms with E-state index in [1.165, 1.54) is 0 Å². The van der Waals surface area contributed by atoms with E-state index in [1.54, 1.807) is 29.5 Å². The predicted molar refractivity (Wildman–Crippen MR) is 71.1 cm³/mol. The molecule has 0 atom stereocenters. The third-order valence-electron chi connectivity index (χ3n) is 2.21. The smallest absolute Gasteiger partial charge is 0.132 e. The third kappa shape index (κ3) is 2.99. The van der Waals surface area contributed by atoms with Crippen LogP contribution in [0.1, 0.15) is 11.1 Å². The van der Waals surface area contributed by atoms with Crippen LogP contribution in [0.3, 0.4) is 0 Å². The van der Waals surface area contributed by atoms with Crippen molar-refractivity contribution in [2.45, 2.75) is 6.61 Å². The molecule has 0 spiro atoms. The number of nitrogens with one attached hydrogen (secondary N) is 1. The molecule has 3 nitrogen and oxygen atoms in total. The summed E-state index contributed by atoms with van der Waals surface area (Å²) in [5.74, 6) is 0.512. The average molecular weight is 267 g/mol. The second-order valence-electron chi connectivity index (χ2n) is 3.47. The number of thiophene rings is 1. The minimum Gasteiger partial charge on any atom is -0.488 e. The quantitative estimate of drug-likeness (QED) is 0.659. The van der Waals surface area contributed by atoms with Crippen LogP contribution in [0.4, 0.5) is 0 Å². The highest BCUT2D eigenvalue weighted by atomic mass is 35.5. The van der Waals surface area contributed by atoms with Crippen LogP contribution in [0, 0.1) is 5.41 Å². The number of rotatable bonds is 4. The first-order valence-corrected chi connectivity index (χ1v) is 6.26. The lowest BCUT2D eigenvalue weighted by atomic mass is 10.2. The molecule has 0 aliphatic rings. The number of halogens is 1. The van der Waals surface area contributed by atoms with E-state index < -0.39 is 0 Å². The van der Waals surface area contributed by atoms with Gasteiger partial charge >= 0.3 is 0 Å². The Balaban J connectivity index is 2.19. The van der Waals surface area contributed by atoms with Crippen molar-refractivity contribution in [1.82, 2.24) is 0 Å². The van der Waals surface area contributed by atoms with Crippen LogP contribution in [0.15, 0.2) is 35.0 Å². The molecule has 2 rings (SSSR count). The lowest BCUT2D eigenvalue weighted by molar-refractivity contribution is 0.306.